The first-order chi connectivity index (χ1) is 8.86. The zero-order chi connectivity index (χ0) is 14.6. The van der Waals surface area contributed by atoms with Crippen LogP contribution in [0.4, 0.5) is 10.1 Å². The van der Waals surface area contributed by atoms with Crippen LogP contribution in [-0.4, -0.2) is 37.5 Å². The van der Waals surface area contributed by atoms with Gasteiger partial charge in [-0.3, -0.25) is 9.59 Å². The fraction of sp³-hybridized carbons (Fsp3) is 0.385. The minimum absolute atomic E-state index is 0.0119. The number of methoxy groups -OCH3 is 1. The molecule has 1 amide bonds. The van der Waals surface area contributed by atoms with Gasteiger partial charge in [-0.15, -0.1) is 0 Å². The van der Waals surface area contributed by atoms with E-state index in [1.54, 1.807) is 6.92 Å². The third-order valence-electron chi connectivity index (χ3n) is 2.75. The Morgan fingerprint density at radius 1 is 1.47 bits per heavy atom. The lowest BCUT2D eigenvalue weighted by Gasteiger charge is -2.20. The fourth-order valence-electron chi connectivity index (χ4n) is 1.65. The number of benzene rings is 1. The Morgan fingerprint density at radius 2 is 2.11 bits per heavy atom. The number of anilines is 1. The van der Waals surface area contributed by atoms with Gasteiger partial charge >= 0.3 is 5.97 Å². The highest BCUT2D eigenvalue weighted by atomic mass is 19.1. The summed E-state index contributed by atoms with van der Waals surface area (Å²) in [4.78, 5) is 24.6. The van der Waals surface area contributed by atoms with Crippen LogP contribution in [0, 0.1) is 11.7 Å². The van der Waals surface area contributed by atoms with Crippen LogP contribution in [0.1, 0.15) is 17.3 Å². The number of hydrogen-bond donors (Lipinski definition) is 1. The van der Waals surface area contributed by atoms with Crippen molar-refractivity contribution >= 4 is 17.6 Å². The standard InChI is InChI=1S/C13H17FN2O3/c1-8(13(18)19-3)7-16(2)12(17)9-4-5-11(15)10(14)6-9/h4-6,8H,7,15H2,1-3H3. The van der Waals surface area contributed by atoms with Crippen LogP contribution in [0.2, 0.25) is 0 Å². The molecule has 0 spiro atoms. The second-order valence-electron chi connectivity index (χ2n) is 4.35. The van der Waals surface area contributed by atoms with E-state index < -0.39 is 17.7 Å². The van der Waals surface area contributed by atoms with Crippen molar-refractivity contribution < 1.29 is 18.7 Å². The molecule has 1 unspecified atom stereocenters. The van der Waals surface area contributed by atoms with E-state index in [-0.39, 0.29) is 23.7 Å². The summed E-state index contributed by atoms with van der Waals surface area (Å²) in [6, 6.07) is 3.86. The molecule has 0 fully saturated rings. The second kappa shape index (κ2) is 6.17. The maximum atomic E-state index is 13.3. The third kappa shape index (κ3) is 3.67. The van der Waals surface area contributed by atoms with Crippen LogP contribution in [0.25, 0.3) is 0 Å². The number of amides is 1. The number of carbonyl (C=O) groups excluding carboxylic acids is 2. The highest BCUT2D eigenvalue weighted by Gasteiger charge is 2.20. The number of hydrogen-bond acceptors (Lipinski definition) is 4. The molecule has 1 atom stereocenters. The molecule has 0 radical (unpaired) electrons. The molecular weight excluding hydrogens is 251 g/mol. The fourth-order valence-corrected chi connectivity index (χ4v) is 1.65. The second-order valence-corrected chi connectivity index (χ2v) is 4.35. The van der Waals surface area contributed by atoms with Crippen molar-refractivity contribution in [3.8, 4) is 0 Å². The quantitative estimate of drug-likeness (QED) is 0.659. The van der Waals surface area contributed by atoms with Gasteiger partial charge in [0.2, 0.25) is 0 Å². The molecule has 1 aromatic rings. The summed E-state index contributed by atoms with van der Waals surface area (Å²) in [6.45, 7) is 1.84. The van der Waals surface area contributed by atoms with E-state index in [2.05, 4.69) is 4.74 Å². The van der Waals surface area contributed by atoms with Gasteiger partial charge in [-0.05, 0) is 18.2 Å². The lowest BCUT2D eigenvalue weighted by Crippen LogP contribution is -2.34. The van der Waals surface area contributed by atoms with Crippen molar-refractivity contribution in [2.24, 2.45) is 5.92 Å². The summed E-state index contributed by atoms with van der Waals surface area (Å²) in [7, 11) is 2.83. The van der Waals surface area contributed by atoms with E-state index in [0.29, 0.717) is 0 Å². The summed E-state index contributed by atoms with van der Waals surface area (Å²) < 4.78 is 17.9. The molecule has 1 rings (SSSR count). The lowest BCUT2D eigenvalue weighted by molar-refractivity contribution is -0.145. The van der Waals surface area contributed by atoms with Crippen LogP contribution in [0.3, 0.4) is 0 Å². The van der Waals surface area contributed by atoms with Gasteiger partial charge in [-0.1, -0.05) is 6.92 Å². The van der Waals surface area contributed by atoms with E-state index in [0.717, 1.165) is 6.07 Å². The summed E-state index contributed by atoms with van der Waals surface area (Å²) in [5.41, 5.74) is 5.52. The Morgan fingerprint density at radius 3 is 2.63 bits per heavy atom. The molecule has 0 aliphatic rings. The maximum Gasteiger partial charge on any atom is 0.310 e. The molecule has 0 heterocycles. The minimum atomic E-state index is -0.639. The van der Waals surface area contributed by atoms with Crippen molar-refractivity contribution in [3.05, 3.63) is 29.6 Å². The number of nitrogens with zero attached hydrogens (tertiary/aromatic N) is 1. The first-order valence-electron chi connectivity index (χ1n) is 5.75. The van der Waals surface area contributed by atoms with Gasteiger partial charge < -0.3 is 15.4 Å². The van der Waals surface area contributed by atoms with Crippen LogP contribution in [0.15, 0.2) is 18.2 Å². The van der Waals surface area contributed by atoms with Crippen LogP contribution in [-0.2, 0) is 9.53 Å². The van der Waals surface area contributed by atoms with Gasteiger partial charge in [-0.2, -0.15) is 0 Å². The Hall–Kier alpha value is -2.11. The summed E-state index contributed by atoms with van der Waals surface area (Å²) >= 11 is 0. The van der Waals surface area contributed by atoms with Gasteiger partial charge in [0, 0.05) is 19.2 Å². The Bertz CT molecular complexity index is 491. The van der Waals surface area contributed by atoms with Gasteiger partial charge in [0.25, 0.3) is 5.91 Å². The predicted molar refractivity (Wildman–Crippen MR) is 69.0 cm³/mol. The molecule has 19 heavy (non-hydrogen) atoms. The number of ether oxygens (including phenoxy) is 1. The van der Waals surface area contributed by atoms with E-state index >= 15 is 0 Å². The Balaban J connectivity index is 2.76. The normalized spacial score (nSPS) is 11.8. The summed E-state index contributed by atoms with van der Waals surface area (Å²) in [5, 5.41) is 0. The van der Waals surface area contributed by atoms with Gasteiger partial charge in [0.05, 0.1) is 18.7 Å². The van der Waals surface area contributed by atoms with Crippen LogP contribution in [0.5, 0.6) is 0 Å². The predicted octanol–water partition coefficient (Wildman–Crippen LogP) is 1.29. The van der Waals surface area contributed by atoms with Crippen molar-refractivity contribution in [3.63, 3.8) is 0 Å². The molecule has 2 N–H and O–H groups in total. The highest BCUT2D eigenvalue weighted by Crippen LogP contribution is 2.14. The van der Waals surface area contributed by atoms with Gasteiger partial charge in [0.1, 0.15) is 5.82 Å². The van der Waals surface area contributed by atoms with Crippen molar-refractivity contribution in [1.29, 1.82) is 0 Å². The van der Waals surface area contributed by atoms with E-state index in [4.69, 9.17) is 5.73 Å². The molecule has 0 aliphatic carbocycles. The smallest absolute Gasteiger partial charge is 0.310 e. The number of rotatable bonds is 4. The monoisotopic (exact) mass is 268 g/mol. The Kier molecular flexibility index (Phi) is 4.86. The number of nitrogen functional groups attached to an aromatic ring is 1. The third-order valence-corrected chi connectivity index (χ3v) is 2.75. The van der Waals surface area contributed by atoms with E-state index in [1.165, 1.54) is 31.2 Å². The molecule has 0 aliphatic heterocycles. The average molecular weight is 268 g/mol. The van der Waals surface area contributed by atoms with E-state index in [1.807, 2.05) is 0 Å². The lowest BCUT2D eigenvalue weighted by atomic mass is 10.1. The SMILES string of the molecule is COC(=O)C(C)CN(C)C(=O)c1ccc(N)c(F)c1. The zero-order valence-electron chi connectivity index (χ0n) is 11.1. The molecule has 6 heteroatoms. The minimum Gasteiger partial charge on any atom is -0.469 e. The molecule has 0 aromatic heterocycles. The van der Waals surface area contributed by atoms with Gasteiger partial charge in [-0.25, -0.2) is 4.39 Å². The molecule has 0 saturated carbocycles. The molecule has 5 nitrogen and oxygen atoms in total. The van der Waals surface area contributed by atoms with E-state index in [9.17, 15) is 14.0 Å². The topological polar surface area (TPSA) is 72.6 Å². The van der Waals surface area contributed by atoms with Crippen LogP contribution >= 0.6 is 0 Å². The zero-order valence-corrected chi connectivity index (χ0v) is 11.1. The molecule has 0 bridgehead atoms. The largest absolute Gasteiger partial charge is 0.469 e. The first kappa shape index (κ1) is 14.9. The van der Waals surface area contributed by atoms with Crippen molar-refractivity contribution in [2.45, 2.75) is 6.92 Å². The average Bonchev–Trinajstić information content (AvgIpc) is 2.39. The van der Waals surface area contributed by atoms with Crippen molar-refractivity contribution in [2.75, 3.05) is 26.4 Å². The number of esters is 1. The first-order valence-corrected chi connectivity index (χ1v) is 5.75. The molecule has 0 saturated heterocycles. The highest BCUT2D eigenvalue weighted by molar-refractivity contribution is 5.94. The molecular formula is C13H17FN2O3. The number of carbonyl (C=O) groups is 2. The van der Waals surface area contributed by atoms with Crippen LogP contribution < -0.4 is 5.73 Å². The summed E-state index contributed by atoms with van der Waals surface area (Å²) in [6.07, 6.45) is 0. The maximum absolute atomic E-state index is 13.3. The Labute approximate surface area is 111 Å². The molecule has 1 aromatic carbocycles. The van der Waals surface area contributed by atoms with Crippen molar-refractivity contribution in [1.82, 2.24) is 4.90 Å². The summed E-state index contributed by atoms with van der Waals surface area (Å²) in [5.74, 6) is -1.87. The number of nitrogens with two attached hydrogens (primary N) is 1. The number of halogens is 1. The van der Waals surface area contributed by atoms with Gasteiger partial charge in [0.15, 0.2) is 0 Å². The molecule has 104 valence electrons.